The van der Waals surface area contributed by atoms with Crippen LogP contribution >= 0.6 is 0 Å². The summed E-state index contributed by atoms with van der Waals surface area (Å²) < 4.78 is 7.87. The molecule has 2 fully saturated rings. The summed E-state index contributed by atoms with van der Waals surface area (Å²) in [5.74, 6) is 2.11. The van der Waals surface area contributed by atoms with Crippen molar-refractivity contribution in [1.82, 2.24) is 14.5 Å². The first-order chi connectivity index (χ1) is 17.6. The van der Waals surface area contributed by atoms with Crippen LogP contribution in [0.15, 0.2) is 77.4 Å². The number of hydrogen-bond donors (Lipinski definition) is 0. The largest absolute Gasteiger partial charge is 0.464 e. The van der Waals surface area contributed by atoms with Gasteiger partial charge in [-0.05, 0) is 79.1 Å². The number of likely N-dealkylation sites (tertiary alicyclic amines) is 1. The number of rotatable bonds is 5. The lowest BCUT2D eigenvalue weighted by Crippen LogP contribution is -2.30. The Balaban J connectivity index is 1.21. The Kier molecular flexibility index (Phi) is 4.98. The zero-order valence-electron chi connectivity index (χ0n) is 20.5. The molecule has 180 valence electrons. The van der Waals surface area contributed by atoms with Gasteiger partial charge in [-0.15, -0.1) is 0 Å². The number of benzene rings is 3. The second kappa shape index (κ2) is 8.37. The minimum absolute atomic E-state index is 0.295. The van der Waals surface area contributed by atoms with E-state index in [1.165, 1.54) is 22.2 Å². The number of hydrogen-bond acceptors (Lipinski definition) is 3. The van der Waals surface area contributed by atoms with Gasteiger partial charge in [-0.3, -0.25) is 4.79 Å². The molecule has 0 bridgehead atoms. The Morgan fingerprint density at radius 1 is 0.944 bits per heavy atom. The molecule has 3 heterocycles. The molecule has 2 aliphatic rings. The Morgan fingerprint density at radius 3 is 2.58 bits per heavy atom. The van der Waals surface area contributed by atoms with Crippen LogP contribution in [0.4, 0.5) is 0 Å². The van der Waals surface area contributed by atoms with Crippen molar-refractivity contribution in [3.63, 3.8) is 0 Å². The quantitative estimate of drug-likeness (QED) is 0.285. The SMILES string of the molecule is Cc1ccc2nc(-c3ccc(-c4ccc5occc5c4)cc3)n(C[C@@H]3CCN(C(=O)C4CC4)C3)c2c1. The molecule has 0 unspecified atom stereocenters. The first-order valence-corrected chi connectivity index (χ1v) is 13.0. The van der Waals surface area contributed by atoms with E-state index in [-0.39, 0.29) is 0 Å². The highest BCUT2D eigenvalue weighted by Crippen LogP contribution is 2.35. The van der Waals surface area contributed by atoms with Gasteiger partial charge in [0.1, 0.15) is 11.4 Å². The lowest BCUT2D eigenvalue weighted by atomic mass is 10.0. The summed E-state index contributed by atoms with van der Waals surface area (Å²) in [4.78, 5) is 19.8. The van der Waals surface area contributed by atoms with Gasteiger partial charge in [0.05, 0.1) is 17.3 Å². The number of nitrogens with zero attached hydrogens (tertiary/aromatic N) is 3. The maximum Gasteiger partial charge on any atom is 0.225 e. The number of aryl methyl sites for hydroxylation is 1. The highest BCUT2D eigenvalue weighted by atomic mass is 16.3. The molecule has 5 aromatic rings. The van der Waals surface area contributed by atoms with E-state index in [0.717, 1.165) is 66.8 Å². The molecule has 0 N–H and O–H groups in total. The molecule has 1 atom stereocenters. The van der Waals surface area contributed by atoms with Crippen LogP contribution in [0.25, 0.3) is 44.5 Å². The fourth-order valence-electron chi connectivity index (χ4n) is 5.62. The van der Waals surface area contributed by atoms with Crippen molar-refractivity contribution in [3.8, 4) is 22.5 Å². The highest BCUT2D eigenvalue weighted by molar-refractivity contribution is 5.85. The molecule has 1 saturated heterocycles. The maximum atomic E-state index is 12.6. The summed E-state index contributed by atoms with van der Waals surface area (Å²) in [5, 5.41) is 1.11. The van der Waals surface area contributed by atoms with Crippen molar-refractivity contribution < 1.29 is 9.21 Å². The molecular formula is C31H29N3O2. The summed E-state index contributed by atoms with van der Waals surface area (Å²) in [6, 6.07) is 23.5. The molecule has 0 spiro atoms. The smallest absolute Gasteiger partial charge is 0.225 e. The van der Waals surface area contributed by atoms with Gasteiger partial charge in [0.15, 0.2) is 0 Å². The van der Waals surface area contributed by atoms with Crippen LogP contribution in [0.3, 0.4) is 0 Å². The molecule has 5 heteroatoms. The van der Waals surface area contributed by atoms with E-state index in [9.17, 15) is 4.79 Å². The molecule has 1 amide bonds. The van der Waals surface area contributed by atoms with Gasteiger partial charge in [-0.1, -0.05) is 36.4 Å². The van der Waals surface area contributed by atoms with E-state index in [4.69, 9.17) is 9.40 Å². The van der Waals surface area contributed by atoms with Crippen LogP contribution in [-0.2, 0) is 11.3 Å². The van der Waals surface area contributed by atoms with E-state index in [0.29, 0.717) is 17.7 Å². The number of amides is 1. The monoisotopic (exact) mass is 475 g/mol. The number of carbonyl (C=O) groups is 1. The van der Waals surface area contributed by atoms with Gasteiger partial charge in [0.25, 0.3) is 0 Å². The zero-order chi connectivity index (χ0) is 24.2. The predicted molar refractivity (Wildman–Crippen MR) is 143 cm³/mol. The number of imidazole rings is 1. The highest BCUT2D eigenvalue weighted by Gasteiger charge is 2.36. The third-order valence-corrected chi connectivity index (χ3v) is 7.80. The lowest BCUT2D eigenvalue weighted by molar-refractivity contribution is -0.131. The fraction of sp³-hybridized carbons (Fsp3) is 0.290. The Bertz CT molecular complexity index is 1590. The molecule has 7 rings (SSSR count). The van der Waals surface area contributed by atoms with Crippen LogP contribution in [0, 0.1) is 18.8 Å². The van der Waals surface area contributed by atoms with E-state index >= 15 is 0 Å². The number of carbonyl (C=O) groups excluding carboxylic acids is 1. The van der Waals surface area contributed by atoms with Crippen LogP contribution < -0.4 is 0 Å². The Morgan fingerprint density at radius 2 is 1.75 bits per heavy atom. The fourth-order valence-corrected chi connectivity index (χ4v) is 5.62. The molecule has 5 nitrogen and oxygen atoms in total. The van der Waals surface area contributed by atoms with Crippen LogP contribution in [-0.4, -0.2) is 33.4 Å². The molecule has 1 saturated carbocycles. The predicted octanol–water partition coefficient (Wildman–Crippen LogP) is 6.68. The van der Waals surface area contributed by atoms with E-state index in [1.54, 1.807) is 6.26 Å². The van der Waals surface area contributed by atoms with Crippen molar-refractivity contribution in [1.29, 1.82) is 0 Å². The molecular weight excluding hydrogens is 446 g/mol. The van der Waals surface area contributed by atoms with Crippen LogP contribution in [0.5, 0.6) is 0 Å². The third kappa shape index (κ3) is 3.79. The van der Waals surface area contributed by atoms with Crippen molar-refractivity contribution in [2.45, 2.75) is 32.7 Å². The van der Waals surface area contributed by atoms with Crippen LogP contribution in [0.1, 0.15) is 24.8 Å². The molecule has 36 heavy (non-hydrogen) atoms. The van der Waals surface area contributed by atoms with E-state index < -0.39 is 0 Å². The summed E-state index contributed by atoms with van der Waals surface area (Å²) in [5.41, 5.74) is 7.79. The second-order valence-corrected chi connectivity index (χ2v) is 10.5. The third-order valence-electron chi connectivity index (χ3n) is 7.80. The average molecular weight is 476 g/mol. The number of furan rings is 1. The summed E-state index contributed by atoms with van der Waals surface area (Å²) >= 11 is 0. The molecule has 0 radical (unpaired) electrons. The van der Waals surface area contributed by atoms with Crippen molar-refractivity contribution in [2.75, 3.05) is 13.1 Å². The number of aromatic nitrogens is 2. The van der Waals surface area contributed by atoms with Gasteiger partial charge in [0, 0.05) is 36.5 Å². The van der Waals surface area contributed by atoms with Gasteiger partial charge in [0.2, 0.25) is 5.91 Å². The maximum absolute atomic E-state index is 12.6. The van der Waals surface area contributed by atoms with Gasteiger partial charge < -0.3 is 13.9 Å². The van der Waals surface area contributed by atoms with Gasteiger partial charge >= 0.3 is 0 Å². The summed E-state index contributed by atoms with van der Waals surface area (Å²) in [7, 11) is 0. The van der Waals surface area contributed by atoms with Gasteiger partial charge in [-0.25, -0.2) is 4.98 Å². The van der Waals surface area contributed by atoms with Crippen molar-refractivity contribution in [2.24, 2.45) is 11.8 Å². The first-order valence-electron chi connectivity index (χ1n) is 13.0. The zero-order valence-corrected chi connectivity index (χ0v) is 20.5. The lowest BCUT2D eigenvalue weighted by Gasteiger charge is -2.18. The minimum Gasteiger partial charge on any atom is -0.464 e. The molecule has 2 aromatic heterocycles. The van der Waals surface area contributed by atoms with Crippen molar-refractivity contribution in [3.05, 3.63) is 78.6 Å². The van der Waals surface area contributed by atoms with E-state index in [1.807, 2.05) is 12.1 Å². The Labute approximate surface area is 210 Å². The van der Waals surface area contributed by atoms with E-state index in [2.05, 4.69) is 71.0 Å². The van der Waals surface area contributed by atoms with Crippen molar-refractivity contribution >= 4 is 27.9 Å². The molecule has 1 aliphatic heterocycles. The normalized spacial score (nSPS) is 17.9. The van der Waals surface area contributed by atoms with Gasteiger partial charge in [-0.2, -0.15) is 0 Å². The number of fused-ring (bicyclic) bond motifs is 2. The first kappa shape index (κ1) is 21.4. The van der Waals surface area contributed by atoms with Crippen LogP contribution in [0.2, 0.25) is 0 Å². The Hall–Kier alpha value is -3.86. The summed E-state index contributed by atoms with van der Waals surface area (Å²) in [6.45, 7) is 4.75. The minimum atomic E-state index is 0.295. The average Bonchev–Trinajstić information content (AvgIpc) is 3.30. The standard InChI is InChI=1S/C31H29N3O2/c1-20-2-10-27-28(16-20)34(19-21-12-14-33(18-21)31(35)24-7-8-24)30(32-27)23-5-3-22(4-6-23)25-9-11-29-26(17-25)13-15-36-29/h2-6,9-11,13,15-17,21,24H,7-8,12,14,18-19H2,1H3/t21-/m1/s1. The topological polar surface area (TPSA) is 51.3 Å². The molecule has 3 aromatic carbocycles. The second-order valence-electron chi connectivity index (χ2n) is 10.5. The molecule has 1 aliphatic carbocycles. The summed E-state index contributed by atoms with van der Waals surface area (Å²) in [6.07, 6.45) is 4.93.